The second-order valence-electron chi connectivity index (χ2n) is 4.77. The van der Waals surface area contributed by atoms with Crippen LogP contribution in [0.5, 0.6) is 0 Å². The van der Waals surface area contributed by atoms with Crippen molar-refractivity contribution in [2.24, 2.45) is 5.92 Å². The fraction of sp³-hybridized carbons (Fsp3) is 0.857. The molecule has 0 spiro atoms. The Morgan fingerprint density at radius 1 is 1.31 bits per heavy atom. The lowest BCUT2D eigenvalue weighted by atomic mass is 9.88. The highest BCUT2D eigenvalue weighted by molar-refractivity contribution is 4.77. The molecule has 0 saturated carbocycles. The van der Waals surface area contributed by atoms with Crippen molar-refractivity contribution >= 4 is 0 Å². The van der Waals surface area contributed by atoms with Gasteiger partial charge >= 0.3 is 0 Å². The highest BCUT2D eigenvalue weighted by atomic mass is 16.5. The second kappa shape index (κ2) is 8.77. The molecule has 1 aliphatic rings. The van der Waals surface area contributed by atoms with Crippen molar-refractivity contribution in [1.29, 1.82) is 0 Å². The van der Waals surface area contributed by atoms with Crippen LogP contribution >= 0.6 is 0 Å². The van der Waals surface area contributed by atoms with Crippen molar-refractivity contribution in [1.82, 2.24) is 5.32 Å². The van der Waals surface area contributed by atoms with Crippen LogP contribution in [0, 0.1) is 5.92 Å². The van der Waals surface area contributed by atoms with Crippen LogP contribution in [0.2, 0.25) is 0 Å². The Labute approximate surface area is 100 Å². The summed E-state index contributed by atoms with van der Waals surface area (Å²) in [6.45, 7) is 5.67. The number of rotatable bonds is 8. The third kappa shape index (κ3) is 5.13. The van der Waals surface area contributed by atoms with E-state index in [1.807, 2.05) is 6.08 Å². The maximum absolute atomic E-state index is 5.41. The number of allylic oxidation sites excluding steroid dienone is 1. The summed E-state index contributed by atoms with van der Waals surface area (Å²) in [5.74, 6) is 0.832. The summed E-state index contributed by atoms with van der Waals surface area (Å²) in [7, 11) is 2.10. The van der Waals surface area contributed by atoms with Gasteiger partial charge in [0.25, 0.3) is 0 Å². The molecule has 1 aliphatic heterocycles. The fourth-order valence-corrected chi connectivity index (χ4v) is 2.56. The summed E-state index contributed by atoms with van der Waals surface area (Å²) in [6.07, 6.45) is 11.0. The smallest absolute Gasteiger partial charge is 0.0469 e. The fourth-order valence-electron chi connectivity index (χ4n) is 2.56. The summed E-state index contributed by atoms with van der Waals surface area (Å²) < 4.78 is 5.41. The minimum Gasteiger partial charge on any atom is -0.381 e. The van der Waals surface area contributed by atoms with E-state index in [9.17, 15) is 0 Å². The molecule has 1 fully saturated rings. The molecule has 16 heavy (non-hydrogen) atoms. The molecular formula is C14H27NO. The van der Waals surface area contributed by atoms with Crippen LogP contribution in [-0.4, -0.2) is 26.3 Å². The molecule has 0 aliphatic carbocycles. The molecule has 0 radical (unpaired) electrons. The van der Waals surface area contributed by atoms with Crippen molar-refractivity contribution in [3.05, 3.63) is 12.7 Å². The molecule has 0 aromatic heterocycles. The Hall–Kier alpha value is -0.340. The summed E-state index contributed by atoms with van der Waals surface area (Å²) in [6, 6.07) is 0.702. The molecule has 94 valence electrons. The number of hydrogen-bond acceptors (Lipinski definition) is 2. The molecule has 1 unspecified atom stereocenters. The van der Waals surface area contributed by atoms with Crippen molar-refractivity contribution in [2.75, 3.05) is 20.3 Å². The molecule has 1 heterocycles. The number of unbranched alkanes of at least 4 members (excludes halogenated alkanes) is 3. The first-order valence-electron chi connectivity index (χ1n) is 6.74. The minimum atomic E-state index is 0.702. The van der Waals surface area contributed by atoms with Gasteiger partial charge in [-0.2, -0.15) is 0 Å². The van der Waals surface area contributed by atoms with Gasteiger partial charge in [0, 0.05) is 19.3 Å². The standard InChI is InChI=1S/C14H27NO/c1-3-4-5-6-7-8-14(15-2)13-9-11-16-12-10-13/h3,13-15H,1,4-12H2,2H3. The van der Waals surface area contributed by atoms with Crippen molar-refractivity contribution in [3.63, 3.8) is 0 Å². The van der Waals surface area contributed by atoms with Crippen LogP contribution < -0.4 is 5.32 Å². The molecule has 0 bridgehead atoms. The van der Waals surface area contributed by atoms with Gasteiger partial charge in [-0.15, -0.1) is 6.58 Å². The molecule has 1 atom stereocenters. The second-order valence-corrected chi connectivity index (χ2v) is 4.77. The number of hydrogen-bond donors (Lipinski definition) is 1. The first kappa shape index (κ1) is 13.7. The quantitative estimate of drug-likeness (QED) is 0.506. The van der Waals surface area contributed by atoms with Crippen LogP contribution in [0.15, 0.2) is 12.7 Å². The van der Waals surface area contributed by atoms with Crippen LogP contribution in [0.1, 0.15) is 44.9 Å². The highest BCUT2D eigenvalue weighted by Crippen LogP contribution is 2.22. The van der Waals surface area contributed by atoms with E-state index in [-0.39, 0.29) is 0 Å². The summed E-state index contributed by atoms with van der Waals surface area (Å²) >= 11 is 0. The lowest BCUT2D eigenvalue weighted by Crippen LogP contribution is -2.36. The van der Waals surface area contributed by atoms with Crippen LogP contribution in [-0.2, 0) is 4.74 Å². The van der Waals surface area contributed by atoms with Gasteiger partial charge in [0.1, 0.15) is 0 Å². The zero-order chi connectivity index (χ0) is 11.6. The Morgan fingerprint density at radius 3 is 2.69 bits per heavy atom. The summed E-state index contributed by atoms with van der Waals surface area (Å²) in [4.78, 5) is 0. The van der Waals surface area contributed by atoms with Gasteiger partial charge in [-0.05, 0) is 45.1 Å². The molecule has 2 heteroatoms. The van der Waals surface area contributed by atoms with E-state index in [4.69, 9.17) is 4.74 Å². The van der Waals surface area contributed by atoms with Gasteiger partial charge in [-0.25, -0.2) is 0 Å². The maximum atomic E-state index is 5.41. The highest BCUT2D eigenvalue weighted by Gasteiger charge is 2.21. The SMILES string of the molecule is C=CCCCCCC(NC)C1CCOCC1. The van der Waals surface area contributed by atoms with E-state index in [0.29, 0.717) is 6.04 Å². The predicted molar refractivity (Wildman–Crippen MR) is 69.7 cm³/mol. The van der Waals surface area contributed by atoms with Crippen molar-refractivity contribution in [2.45, 2.75) is 51.0 Å². The van der Waals surface area contributed by atoms with Gasteiger partial charge in [0.05, 0.1) is 0 Å². The van der Waals surface area contributed by atoms with Gasteiger partial charge in [-0.3, -0.25) is 0 Å². The van der Waals surface area contributed by atoms with E-state index in [1.165, 1.54) is 44.9 Å². The summed E-state index contributed by atoms with van der Waals surface area (Å²) in [5.41, 5.74) is 0. The van der Waals surface area contributed by atoms with E-state index in [1.54, 1.807) is 0 Å². The lowest BCUT2D eigenvalue weighted by molar-refractivity contribution is 0.0533. The molecule has 0 amide bonds. The Balaban J connectivity index is 2.12. The molecule has 1 rings (SSSR count). The zero-order valence-electron chi connectivity index (χ0n) is 10.7. The van der Waals surface area contributed by atoms with E-state index in [2.05, 4.69) is 18.9 Å². The molecule has 1 saturated heterocycles. The number of ether oxygens (including phenoxy) is 1. The van der Waals surface area contributed by atoms with Crippen LogP contribution in [0.3, 0.4) is 0 Å². The summed E-state index contributed by atoms with van der Waals surface area (Å²) in [5, 5.41) is 3.49. The molecular weight excluding hydrogens is 198 g/mol. The Morgan fingerprint density at radius 2 is 2.06 bits per heavy atom. The minimum absolute atomic E-state index is 0.702. The van der Waals surface area contributed by atoms with Crippen molar-refractivity contribution < 1.29 is 4.74 Å². The Kier molecular flexibility index (Phi) is 7.52. The molecule has 2 nitrogen and oxygen atoms in total. The first-order valence-corrected chi connectivity index (χ1v) is 6.74. The first-order chi connectivity index (χ1) is 7.88. The lowest BCUT2D eigenvalue weighted by Gasteiger charge is -2.30. The van der Waals surface area contributed by atoms with Gasteiger partial charge in [0.15, 0.2) is 0 Å². The van der Waals surface area contributed by atoms with Gasteiger partial charge in [0.2, 0.25) is 0 Å². The van der Waals surface area contributed by atoms with Crippen LogP contribution in [0.4, 0.5) is 0 Å². The average Bonchev–Trinajstić information content (AvgIpc) is 2.35. The van der Waals surface area contributed by atoms with Crippen LogP contribution in [0.25, 0.3) is 0 Å². The van der Waals surface area contributed by atoms with E-state index < -0.39 is 0 Å². The third-order valence-corrected chi connectivity index (χ3v) is 3.63. The third-order valence-electron chi connectivity index (χ3n) is 3.63. The largest absolute Gasteiger partial charge is 0.381 e. The predicted octanol–water partition coefficient (Wildman–Crippen LogP) is 3.14. The maximum Gasteiger partial charge on any atom is 0.0469 e. The molecule has 0 aromatic rings. The topological polar surface area (TPSA) is 21.3 Å². The zero-order valence-corrected chi connectivity index (χ0v) is 10.7. The number of nitrogens with one attached hydrogen (secondary N) is 1. The molecule has 0 aromatic carbocycles. The monoisotopic (exact) mass is 225 g/mol. The van der Waals surface area contributed by atoms with Crippen molar-refractivity contribution in [3.8, 4) is 0 Å². The van der Waals surface area contributed by atoms with Gasteiger partial charge < -0.3 is 10.1 Å². The Bertz CT molecular complexity index is 176. The van der Waals surface area contributed by atoms with E-state index in [0.717, 1.165) is 19.1 Å². The van der Waals surface area contributed by atoms with E-state index >= 15 is 0 Å². The molecule has 1 N–H and O–H groups in total. The normalized spacial score (nSPS) is 19.6. The average molecular weight is 225 g/mol. The van der Waals surface area contributed by atoms with Gasteiger partial charge in [-0.1, -0.05) is 18.9 Å².